The highest BCUT2D eigenvalue weighted by atomic mass is 16.5. The lowest BCUT2D eigenvalue weighted by atomic mass is 10.2. The number of hydrogen-bond acceptors (Lipinski definition) is 4. The number of carbonyl (C=O) groups excluding carboxylic acids is 2. The molecule has 112 valence electrons. The maximum absolute atomic E-state index is 11.8. The van der Waals surface area contributed by atoms with E-state index in [0.29, 0.717) is 11.3 Å². The summed E-state index contributed by atoms with van der Waals surface area (Å²) >= 11 is 0. The van der Waals surface area contributed by atoms with Crippen LogP contribution in [0.15, 0.2) is 30.3 Å². The Morgan fingerprint density at radius 3 is 2.43 bits per heavy atom. The Hall–Kier alpha value is -2.83. The van der Waals surface area contributed by atoms with Crippen LogP contribution < -0.4 is 5.32 Å². The first-order valence-corrected chi connectivity index (χ1v) is 6.02. The van der Waals surface area contributed by atoms with Crippen LogP contribution in [0.1, 0.15) is 5.56 Å². The zero-order chi connectivity index (χ0) is 15.8. The molecule has 7 nitrogen and oxygen atoms in total. The number of hydrogen-bond donors (Lipinski definition) is 2. The van der Waals surface area contributed by atoms with Crippen LogP contribution in [0.5, 0.6) is 0 Å². The van der Waals surface area contributed by atoms with Gasteiger partial charge < -0.3 is 20.1 Å². The molecule has 2 amide bonds. The van der Waals surface area contributed by atoms with Crippen molar-refractivity contribution in [2.75, 3.05) is 26.0 Å². The van der Waals surface area contributed by atoms with Crippen LogP contribution in [0.2, 0.25) is 0 Å². The molecule has 0 radical (unpaired) electrons. The van der Waals surface area contributed by atoms with Crippen molar-refractivity contribution in [2.24, 2.45) is 0 Å². The molecule has 1 aromatic rings. The second kappa shape index (κ2) is 7.68. The average molecular weight is 292 g/mol. The van der Waals surface area contributed by atoms with E-state index in [1.807, 2.05) is 0 Å². The van der Waals surface area contributed by atoms with E-state index in [9.17, 15) is 14.4 Å². The first-order chi connectivity index (χ1) is 9.92. The molecule has 0 aliphatic rings. The highest BCUT2D eigenvalue weighted by molar-refractivity contribution is 5.91. The van der Waals surface area contributed by atoms with Gasteiger partial charge in [0.05, 0.1) is 7.11 Å². The van der Waals surface area contributed by atoms with Gasteiger partial charge >= 0.3 is 18.0 Å². The fraction of sp³-hybridized carbons (Fsp3) is 0.214. The summed E-state index contributed by atoms with van der Waals surface area (Å²) in [6.45, 7) is -0.151. The molecule has 0 unspecified atom stereocenters. The molecule has 0 aliphatic carbocycles. The van der Waals surface area contributed by atoms with Gasteiger partial charge in [0.2, 0.25) is 0 Å². The summed E-state index contributed by atoms with van der Waals surface area (Å²) in [6.07, 6.45) is 2.47. The molecule has 7 heteroatoms. The second-order valence-electron chi connectivity index (χ2n) is 4.16. The smallest absolute Gasteiger partial charge is 0.328 e. The maximum Gasteiger partial charge on any atom is 0.328 e. The number of carboxylic acid groups (broad SMARTS) is 1. The second-order valence-corrected chi connectivity index (χ2v) is 4.16. The Balaban J connectivity index is 2.61. The molecule has 0 heterocycles. The number of likely N-dealkylation sites (N-methyl/N-ethyl adjacent to an activating group) is 1. The minimum Gasteiger partial charge on any atom is -0.478 e. The number of carbonyl (C=O) groups is 3. The van der Waals surface area contributed by atoms with E-state index in [2.05, 4.69) is 10.1 Å². The van der Waals surface area contributed by atoms with Crippen LogP contribution in [-0.2, 0) is 14.3 Å². The Labute approximate surface area is 121 Å². The Morgan fingerprint density at radius 2 is 1.90 bits per heavy atom. The van der Waals surface area contributed by atoms with E-state index in [4.69, 9.17) is 5.11 Å². The molecule has 0 saturated carbocycles. The standard InChI is InChI=1S/C14H16N2O5/c1-16(9-13(19)21-2)14(20)15-11-6-3-10(4-7-11)5-8-12(17)18/h3-8H,9H2,1-2H3,(H,15,20)(H,17,18)/b8-5+. The maximum atomic E-state index is 11.8. The van der Waals surface area contributed by atoms with E-state index < -0.39 is 18.0 Å². The van der Waals surface area contributed by atoms with Crippen LogP contribution in [-0.4, -0.2) is 48.7 Å². The van der Waals surface area contributed by atoms with Crippen LogP contribution >= 0.6 is 0 Å². The number of anilines is 1. The molecule has 1 aromatic carbocycles. The lowest BCUT2D eigenvalue weighted by Gasteiger charge is -2.16. The molecule has 0 aliphatic heterocycles. The normalized spacial score (nSPS) is 10.2. The molecule has 0 spiro atoms. The van der Waals surface area contributed by atoms with Crippen LogP contribution in [0.3, 0.4) is 0 Å². The van der Waals surface area contributed by atoms with Gasteiger partial charge in [-0.3, -0.25) is 4.79 Å². The van der Waals surface area contributed by atoms with Crippen molar-refractivity contribution in [1.29, 1.82) is 0 Å². The topological polar surface area (TPSA) is 95.9 Å². The van der Waals surface area contributed by atoms with Crippen LogP contribution in [0, 0.1) is 0 Å². The van der Waals surface area contributed by atoms with Crippen LogP contribution in [0.25, 0.3) is 6.08 Å². The Morgan fingerprint density at radius 1 is 1.29 bits per heavy atom. The highest BCUT2D eigenvalue weighted by Crippen LogP contribution is 2.11. The fourth-order valence-corrected chi connectivity index (χ4v) is 1.39. The first-order valence-electron chi connectivity index (χ1n) is 6.02. The number of esters is 1. The van der Waals surface area contributed by atoms with Gasteiger partial charge in [0.1, 0.15) is 6.54 Å². The molecule has 0 fully saturated rings. The van der Waals surface area contributed by atoms with Crippen molar-refractivity contribution in [1.82, 2.24) is 4.90 Å². The zero-order valence-electron chi connectivity index (χ0n) is 11.7. The van der Waals surface area contributed by atoms with Gasteiger partial charge in [-0.05, 0) is 23.8 Å². The predicted molar refractivity (Wildman–Crippen MR) is 76.8 cm³/mol. The number of methoxy groups -OCH3 is 1. The predicted octanol–water partition coefficient (Wildman–Crippen LogP) is 1.42. The molecule has 0 bridgehead atoms. The third kappa shape index (κ3) is 5.77. The van der Waals surface area contributed by atoms with E-state index in [-0.39, 0.29) is 6.54 Å². The monoisotopic (exact) mass is 292 g/mol. The Kier molecular flexibility index (Phi) is 5.94. The number of nitrogens with zero attached hydrogens (tertiary/aromatic N) is 1. The number of carboxylic acids is 1. The van der Waals surface area contributed by atoms with Gasteiger partial charge in [-0.15, -0.1) is 0 Å². The van der Waals surface area contributed by atoms with Gasteiger partial charge in [0, 0.05) is 18.8 Å². The number of aliphatic carboxylic acids is 1. The summed E-state index contributed by atoms with van der Waals surface area (Å²) in [4.78, 5) is 34.4. The van der Waals surface area contributed by atoms with Gasteiger partial charge in [-0.2, -0.15) is 0 Å². The van der Waals surface area contributed by atoms with E-state index in [0.717, 1.165) is 6.08 Å². The number of urea groups is 1. The molecular weight excluding hydrogens is 276 g/mol. The number of rotatable bonds is 5. The lowest BCUT2D eigenvalue weighted by molar-refractivity contribution is -0.141. The SMILES string of the molecule is COC(=O)CN(C)C(=O)Nc1ccc(/C=C/C(=O)O)cc1. The number of ether oxygens (including phenoxy) is 1. The number of benzene rings is 1. The van der Waals surface area contributed by atoms with Crippen molar-refractivity contribution in [2.45, 2.75) is 0 Å². The minimum atomic E-state index is -1.03. The third-order valence-electron chi connectivity index (χ3n) is 2.52. The lowest BCUT2D eigenvalue weighted by Crippen LogP contribution is -2.35. The summed E-state index contributed by atoms with van der Waals surface area (Å²) in [5, 5.41) is 11.1. The summed E-state index contributed by atoms with van der Waals surface area (Å²) in [5.74, 6) is -1.54. The quantitative estimate of drug-likeness (QED) is 0.632. The molecule has 0 saturated heterocycles. The van der Waals surface area contributed by atoms with Crippen molar-refractivity contribution in [3.05, 3.63) is 35.9 Å². The first kappa shape index (κ1) is 16.2. The van der Waals surface area contributed by atoms with Gasteiger partial charge in [0.15, 0.2) is 0 Å². The largest absolute Gasteiger partial charge is 0.478 e. The van der Waals surface area contributed by atoms with Crippen molar-refractivity contribution in [3.8, 4) is 0 Å². The highest BCUT2D eigenvalue weighted by Gasteiger charge is 2.12. The number of nitrogens with one attached hydrogen (secondary N) is 1. The molecular formula is C14H16N2O5. The minimum absolute atomic E-state index is 0.151. The summed E-state index contributed by atoms with van der Waals surface area (Å²) in [6, 6.07) is 6.14. The van der Waals surface area contributed by atoms with E-state index >= 15 is 0 Å². The van der Waals surface area contributed by atoms with Crippen LogP contribution in [0.4, 0.5) is 10.5 Å². The fourth-order valence-electron chi connectivity index (χ4n) is 1.39. The molecule has 21 heavy (non-hydrogen) atoms. The van der Waals surface area contributed by atoms with Gasteiger partial charge in [-0.1, -0.05) is 12.1 Å². The summed E-state index contributed by atoms with van der Waals surface area (Å²) < 4.78 is 4.47. The third-order valence-corrected chi connectivity index (χ3v) is 2.52. The summed E-state index contributed by atoms with van der Waals surface area (Å²) in [7, 11) is 2.72. The Bertz CT molecular complexity index is 551. The molecule has 1 rings (SSSR count). The summed E-state index contributed by atoms with van der Waals surface area (Å²) in [5.41, 5.74) is 1.22. The molecule has 0 atom stereocenters. The van der Waals surface area contributed by atoms with Crippen molar-refractivity contribution >= 4 is 29.7 Å². The number of amides is 2. The van der Waals surface area contributed by atoms with Gasteiger partial charge in [-0.25, -0.2) is 9.59 Å². The van der Waals surface area contributed by atoms with E-state index in [1.54, 1.807) is 24.3 Å². The zero-order valence-corrected chi connectivity index (χ0v) is 11.7. The van der Waals surface area contributed by atoms with Crippen molar-refractivity contribution < 1.29 is 24.2 Å². The van der Waals surface area contributed by atoms with Gasteiger partial charge in [0.25, 0.3) is 0 Å². The molecule has 2 N–H and O–H groups in total. The molecule has 0 aromatic heterocycles. The van der Waals surface area contributed by atoms with E-state index in [1.165, 1.54) is 25.1 Å². The average Bonchev–Trinajstić information content (AvgIpc) is 2.46. The van der Waals surface area contributed by atoms with Crippen molar-refractivity contribution in [3.63, 3.8) is 0 Å².